The molecule has 0 atom stereocenters. The molecule has 1 saturated heterocycles. The third kappa shape index (κ3) is 4.08. The van der Waals surface area contributed by atoms with Crippen molar-refractivity contribution in [1.29, 1.82) is 5.26 Å². The van der Waals surface area contributed by atoms with Gasteiger partial charge in [-0.1, -0.05) is 31.2 Å². The van der Waals surface area contributed by atoms with Crippen molar-refractivity contribution in [2.45, 2.75) is 13.3 Å². The van der Waals surface area contributed by atoms with Crippen LogP contribution in [0.25, 0.3) is 6.08 Å². The first-order valence-corrected chi connectivity index (χ1v) is 9.04. The lowest BCUT2D eigenvalue weighted by molar-refractivity contribution is -0.122. The number of aryl methyl sites for hydroxylation is 1. The van der Waals surface area contributed by atoms with Crippen molar-refractivity contribution < 1.29 is 14.3 Å². The number of nitrogens with one attached hydrogen (secondary N) is 1. The van der Waals surface area contributed by atoms with Crippen molar-refractivity contribution in [3.8, 4) is 11.8 Å². The minimum Gasteiger partial charge on any atom is -0.479 e. The number of hydrogen-bond acceptors (Lipinski definition) is 5. The van der Waals surface area contributed by atoms with Crippen LogP contribution in [0.3, 0.4) is 0 Å². The first-order chi connectivity index (χ1) is 13.5. The van der Waals surface area contributed by atoms with E-state index in [2.05, 4.69) is 5.32 Å². The molecule has 0 aromatic heterocycles. The number of carbonyl (C=O) groups is 2. The van der Waals surface area contributed by atoms with Crippen LogP contribution in [0.1, 0.15) is 18.1 Å². The maximum Gasteiger partial charge on any atom is 0.270 e. The van der Waals surface area contributed by atoms with E-state index < -0.39 is 11.8 Å². The van der Waals surface area contributed by atoms with E-state index in [9.17, 15) is 9.59 Å². The molecule has 0 saturated carbocycles. The summed E-state index contributed by atoms with van der Waals surface area (Å²) in [7, 11) is 0. The molecule has 1 aliphatic rings. The molecule has 1 heterocycles. The molecule has 0 spiro atoms. The van der Waals surface area contributed by atoms with Crippen molar-refractivity contribution in [2.24, 2.45) is 0 Å². The minimum absolute atomic E-state index is 0.0149. The summed E-state index contributed by atoms with van der Waals surface area (Å²) in [5, 5.41) is 11.2. The molecular weight excluding hydrogens is 374 g/mol. The molecule has 28 heavy (non-hydrogen) atoms. The van der Waals surface area contributed by atoms with E-state index >= 15 is 0 Å². The van der Waals surface area contributed by atoms with Gasteiger partial charge >= 0.3 is 0 Å². The molecule has 0 radical (unpaired) electrons. The summed E-state index contributed by atoms with van der Waals surface area (Å²) in [5.41, 5.74) is 2.37. The zero-order chi connectivity index (χ0) is 20.1. The van der Waals surface area contributed by atoms with Crippen LogP contribution in [0.5, 0.6) is 5.75 Å². The molecular formula is C21H17N3O3S. The number of carbonyl (C=O) groups excluding carboxylic acids is 2. The fourth-order valence-electron chi connectivity index (χ4n) is 2.72. The number of amides is 2. The Kier molecular flexibility index (Phi) is 5.82. The van der Waals surface area contributed by atoms with Crippen LogP contribution >= 0.6 is 12.2 Å². The van der Waals surface area contributed by atoms with Crippen molar-refractivity contribution in [3.05, 3.63) is 65.2 Å². The Bertz CT molecular complexity index is 989. The summed E-state index contributed by atoms with van der Waals surface area (Å²) in [6.45, 7) is 1.99. The van der Waals surface area contributed by atoms with Crippen LogP contribution in [0.2, 0.25) is 0 Å². The molecule has 1 aliphatic heterocycles. The summed E-state index contributed by atoms with van der Waals surface area (Å²) >= 11 is 5.20. The number of ether oxygens (including phenoxy) is 1. The highest BCUT2D eigenvalue weighted by Gasteiger charge is 2.34. The molecule has 140 valence electrons. The van der Waals surface area contributed by atoms with Gasteiger partial charge in [-0.3, -0.25) is 19.8 Å². The number of nitrogens with zero attached hydrogens (tertiary/aromatic N) is 2. The second kappa shape index (κ2) is 8.46. The third-order valence-electron chi connectivity index (χ3n) is 4.20. The molecule has 3 rings (SSSR count). The maximum atomic E-state index is 13.0. The van der Waals surface area contributed by atoms with E-state index in [-0.39, 0.29) is 17.3 Å². The third-order valence-corrected chi connectivity index (χ3v) is 4.48. The Balaban J connectivity index is 1.88. The average molecular weight is 391 g/mol. The standard InChI is InChI=1S/C21H17N3O3S/c1-2-14-3-7-16(8-4-14)24-20(26)18(19(25)23-21(24)28)13-15-5-9-17(10-6-15)27-12-11-22/h3-10,13H,2,12H2,1H3,(H,23,25,28)/b18-13+. The number of nitriles is 1. The van der Waals surface area contributed by atoms with Gasteiger partial charge in [0.25, 0.3) is 11.8 Å². The first kappa shape index (κ1) is 19.3. The number of benzene rings is 2. The van der Waals surface area contributed by atoms with Gasteiger partial charge in [-0.2, -0.15) is 5.26 Å². The predicted molar refractivity (Wildman–Crippen MR) is 110 cm³/mol. The van der Waals surface area contributed by atoms with E-state index in [4.69, 9.17) is 22.2 Å². The van der Waals surface area contributed by atoms with Crippen LogP contribution in [0, 0.1) is 11.3 Å². The zero-order valence-corrected chi connectivity index (χ0v) is 16.0. The predicted octanol–water partition coefficient (Wildman–Crippen LogP) is 2.98. The zero-order valence-electron chi connectivity index (χ0n) is 15.1. The van der Waals surface area contributed by atoms with Gasteiger partial charge in [0.05, 0.1) is 5.69 Å². The lowest BCUT2D eigenvalue weighted by Crippen LogP contribution is -2.54. The highest BCUT2D eigenvalue weighted by Crippen LogP contribution is 2.23. The Morgan fingerprint density at radius 2 is 1.82 bits per heavy atom. The van der Waals surface area contributed by atoms with Gasteiger partial charge in [-0.05, 0) is 60.1 Å². The van der Waals surface area contributed by atoms with Crippen molar-refractivity contribution >= 4 is 40.9 Å². The molecule has 0 aliphatic carbocycles. The largest absolute Gasteiger partial charge is 0.479 e. The summed E-state index contributed by atoms with van der Waals surface area (Å²) < 4.78 is 5.20. The Morgan fingerprint density at radius 1 is 1.14 bits per heavy atom. The lowest BCUT2D eigenvalue weighted by atomic mass is 10.1. The van der Waals surface area contributed by atoms with Crippen LogP contribution in [0.4, 0.5) is 5.69 Å². The quantitative estimate of drug-likeness (QED) is 0.481. The minimum atomic E-state index is -0.541. The Hall–Kier alpha value is -3.50. The monoisotopic (exact) mass is 391 g/mol. The van der Waals surface area contributed by atoms with Crippen molar-refractivity contribution in [3.63, 3.8) is 0 Å². The average Bonchev–Trinajstić information content (AvgIpc) is 2.71. The molecule has 1 N–H and O–H groups in total. The highest BCUT2D eigenvalue weighted by molar-refractivity contribution is 7.80. The summed E-state index contributed by atoms with van der Waals surface area (Å²) in [5.74, 6) is -0.494. The molecule has 2 aromatic rings. The van der Waals surface area contributed by atoms with E-state index in [0.717, 1.165) is 12.0 Å². The molecule has 0 unspecified atom stereocenters. The first-order valence-electron chi connectivity index (χ1n) is 8.63. The van der Waals surface area contributed by atoms with Gasteiger partial charge in [-0.15, -0.1) is 0 Å². The normalized spacial score (nSPS) is 15.4. The second-order valence-electron chi connectivity index (χ2n) is 5.99. The van der Waals surface area contributed by atoms with Gasteiger partial charge in [0.15, 0.2) is 11.7 Å². The Labute approximate surface area is 168 Å². The fourth-order valence-corrected chi connectivity index (χ4v) is 3.00. The van der Waals surface area contributed by atoms with Gasteiger partial charge in [-0.25, -0.2) is 0 Å². The molecule has 2 aromatic carbocycles. The summed E-state index contributed by atoms with van der Waals surface area (Å²) in [6.07, 6.45) is 2.38. The van der Waals surface area contributed by atoms with E-state index in [0.29, 0.717) is 17.0 Å². The molecule has 7 heteroatoms. The number of hydrogen-bond donors (Lipinski definition) is 1. The second-order valence-corrected chi connectivity index (χ2v) is 6.38. The maximum absolute atomic E-state index is 13.0. The Morgan fingerprint density at radius 3 is 2.43 bits per heavy atom. The van der Waals surface area contributed by atoms with Gasteiger partial charge in [0, 0.05) is 0 Å². The number of anilines is 1. The van der Waals surface area contributed by atoms with Crippen molar-refractivity contribution in [2.75, 3.05) is 11.5 Å². The molecule has 1 fully saturated rings. The molecule has 6 nitrogen and oxygen atoms in total. The van der Waals surface area contributed by atoms with Gasteiger partial charge in [0.2, 0.25) is 0 Å². The van der Waals surface area contributed by atoms with Crippen molar-refractivity contribution in [1.82, 2.24) is 5.32 Å². The van der Waals surface area contributed by atoms with E-state index in [1.165, 1.54) is 11.0 Å². The number of thiocarbonyl (C=S) groups is 1. The van der Waals surface area contributed by atoms with Crippen LogP contribution in [-0.2, 0) is 16.0 Å². The smallest absolute Gasteiger partial charge is 0.270 e. The van der Waals surface area contributed by atoms with Gasteiger partial charge < -0.3 is 4.74 Å². The summed E-state index contributed by atoms with van der Waals surface area (Å²) in [6, 6.07) is 16.1. The molecule has 2 amide bonds. The van der Waals surface area contributed by atoms with E-state index in [1.54, 1.807) is 36.4 Å². The SMILES string of the molecule is CCc1ccc(N2C(=O)/C(=C/c3ccc(OCC#N)cc3)C(=O)NC2=S)cc1. The number of rotatable bonds is 5. The van der Waals surface area contributed by atoms with Crippen LogP contribution in [0.15, 0.2) is 54.1 Å². The van der Waals surface area contributed by atoms with E-state index in [1.807, 2.05) is 25.1 Å². The fraction of sp³-hybridized carbons (Fsp3) is 0.143. The van der Waals surface area contributed by atoms with Gasteiger partial charge in [0.1, 0.15) is 17.4 Å². The summed E-state index contributed by atoms with van der Waals surface area (Å²) in [4.78, 5) is 26.6. The van der Waals surface area contributed by atoms with Crippen LogP contribution < -0.4 is 15.0 Å². The topological polar surface area (TPSA) is 82.4 Å². The molecule has 0 bridgehead atoms. The van der Waals surface area contributed by atoms with Crippen LogP contribution in [-0.4, -0.2) is 23.5 Å². The lowest BCUT2D eigenvalue weighted by Gasteiger charge is -2.29. The highest BCUT2D eigenvalue weighted by atomic mass is 32.1.